The highest BCUT2D eigenvalue weighted by molar-refractivity contribution is 5.96. The minimum atomic E-state index is -1.26. The van der Waals surface area contributed by atoms with Crippen LogP contribution in [-0.2, 0) is 4.79 Å². The Balaban J connectivity index is 2.60. The first kappa shape index (κ1) is 14.0. The minimum Gasteiger partial charge on any atom is -0.465 e. The molecule has 0 aliphatic rings. The van der Waals surface area contributed by atoms with Crippen LogP contribution in [0.5, 0.6) is 0 Å². The molecule has 2 amide bonds. The van der Waals surface area contributed by atoms with Gasteiger partial charge >= 0.3 is 6.09 Å². The van der Waals surface area contributed by atoms with Crippen LogP contribution in [0.2, 0.25) is 0 Å². The number of aliphatic hydroxyl groups excluding tert-OH is 1. The molecule has 0 radical (unpaired) electrons. The molecule has 0 bridgehead atoms. The maximum absolute atomic E-state index is 11.8. The Morgan fingerprint density at radius 2 is 1.89 bits per heavy atom. The van der Waals surface area contributed by atoms with Crippen molar-refractivity contribution in [2.45, 2.75) is 18.9 Å². The molecule has 18 heavy (non-hydrogen) atoms. The van der Waals surface area contributed by atoms with Crippen molar-refractivity contribution in [1.82, 2.24) is 5.32 Å². The van der Waals surface area contributed by atoms with Gasteiger partial charge in [-0.1, -0.05) is 18.2 Å². The summed E-state index contributed by atoms with van der Waals surface area (Å²) in [6.45, 7) is -0.0869. The number of hydrogen-bond donors (Lipinski definition) is 4. The van der Waals surface area contributed by atoms with Gasteiger partial charge in [0.05, 0.1) is 0 Å². The van der Waals surface area contributed by atoms with E-state index in [4.69, 9.17) is 10.2 Å². The summed E-state index contributed by atoms with van der Waals surface area (Å²) >= 11 is 0. The van der Waals surface area contributed by atoms with Crippen LogP contribution < -0.4 is 10.6 Å². The van der Waals surface area contributed by atoms with Crippen molar-refractivity contribution in [3.8, 4) is 0 Å². The second kappa shape index (κ2) is 7.29. The maximum atomic E-state index is 11.8. The summed E-state index contributed by atoms with van der Waals surface area (Å²) in [4.78, 5) is 22.4. The van der Waals surface area contributed by atoms with Crippen molar-refractivity contribution in [3.05, 3.63) is 30.3 Å². The zero-order chi connectivity index (χ0) is 13.4. The Bertz CT molecular complexity index is 394. The second-order valence-electron chi connectivity index (χ2n) is 3.72. The highest BCUT2D eigenvalue weighted by Crippen LogP contribution is 2.07. The molecule has 0 unspecified atom stereocenters. The van der Waals surface area contributed by atoms with Crippen molar-refractivity contribution in [2.75, 3.05) is 11.9 Å². The van der Waals surface area contributed by atoms with E-state index >= 15 is 0 Å². The van der Waals surface area contributed by atoms with E-state index in [1.165, 1.54) is 0 Å². The van der Waals surface area contributed by atoms with Crippen LogP contribution in [0, 0.1) is 0 Å². The molecule has 6 heteroatoms. The van der Waals surface area contributed by atoms with Crippen LogP contribution in [0.25, 0.3) is 0 Å². The molecule has 0 aliphatic carbocycles. The second-order valence-corrected chi connectivity index (χ2v) is 3.72. The third-order valence-corrected chi connectivity index (χ3v) is 2.31. The van der Waals surface area contributed by atoms with Crippen LogP contribution in [0.3, 0.4) is 0 Å². The molecule has 1 aromatic rings. The van der Waals surface area contributed by atoms with Gasteiger partial charge in [-0.3, -0.25) is 4.79 Å². The number of carbonyl (C=O) groups is 2. The number of anilines is 1. The molecule has 6 nitrogen and oxygen atoms in total. The van der Waals surface area contributed by atoms with Crippen LogP contribution in [-0.4, -0.2) is 34.9 Å². The zero-order valence-corrected chi connectivity index (χ0v) is 9.80. The smallest absolute Gasteiger partial charge is 0.405 e. The summed E-state index contributed by atoms with van der Waals surface area (Å²) in [6.07, 6.45) is -0.657. The van der Waals surface area contributed by atoms with Gasteiger partial charge < -0.3 is 20.8 Å². The lowest BCUT2D eigenvalue weighted by atomic mass is 10.1. The number of carbonyl (C=O) groups excluding carboxylic acids is 1. The monoisotopic (exact) mass is 252 g/mol. The molecule has 0 heterocycles. The average Bonchev–Trinajstić information content (AvgIpc) is 2.35. The quantitative estimate of drug-likeness (QED) is 0.607. The summed E-state index contributed by atoms with van der Waals surface area (Å²) in [5.41, 5.74) is 0.601. The molecule has 0 aromatic heterocycles. The van der Waals surface area contributed by atoms with E-state index in [0.717, 1.165) is 0 Å². The molecular weight excluding hydrogens is 236 g/mol. The normalized spacial score (nSPS) is 11.6. The van der Waals surface area contributed by atoms with Gasteiger partial charge in [0.1, 0.15) is 6.04 Å². The van der Waals surface area contributed by atoms with Gasteiger partial charge in [-0.2, -0.15) is 0 Å². The van der Waals surface area contributed by atoms with E-state index in [0.29, 0.717) is 12.1 Å². The molecule has 4 N–H and O–H groups in total. The molecule has 1 aromatic carbocycles. The van der Waals surface area contributed by atoms with Crippen LogP contribution in [0.4, 0.5) is 10.5 Å². The summed E-state index contributed by atoms with van der Waals surface area (Å²) in [5.74, 6) is -0.433. The van der Waals surface area contributed by atoms with Gasteiger partial charge in [0, 0.05) is 12.3 Å². The van der Waals surface area contributed by atoms with Crippen LogP contribution in [0.15, 0.2) is 30.3 Å². The van der Waals surface area contributed by atoms with Gasteiger partial charge in [-0.05, 0) is 25.0 Å². The van der Waals surface area contributed by atoms with E-state index in [-0.39, 0.29) is 13.0 Å². The molecule has 0 fully saturated rings. The molecular formula is C12H16N2O4. The van der Waals surface area contributed by atoms with Gasteiger partial charge in [-0.15, -0.1) is 0 Å². The maximum Gasteiger partial charge on any atom is 0.405 e. The number of nitrogens with one attached hydrogen (secondary N) is 2. The van der Waals surface area contributed by atoms with E-state index in [9.17, 15) is 9.59 Å². The fourth-order valence-electron chi connectivity index (χ4n) is 1.46. The predicted molar refractivity (Wildman–Crippen MR) is 66.3 cm³/mol. The molecule has 98 valence electrons. The molecule has 0 spiro atoms. The van der Waals surface area contributed by atoms with Gasteiger partial charge in [-0.25, -0.2) is 4.79 Å². The lowest BCUT2D eigenvalue weighted by Gasteiger charge is -2.16. The lowest BCUT2D eigenvalue weighted by Crippen LogP contribution is -2.43. The fraction of sp³-hybridized carbons (Fsp3) is 0.333. The first-order valence-electron chi connectivity index (χ1n) is 5.59. The number of benzene rings is 1. The molecule has 1 atom stereocenters. The van der Waals surface area contributed by atoms with Gasteiger partial charge in [0.25, 0.3) is 0 Å². The van der Waals surface area contributed by atoms with Gasteiger partial charge in [0.15, 0.2) is 0 Å². The minimum absolute atomic E-state index is 0.0869. The Hall–Kier alpha value is -2.08. The molecule has 0 aliphatic heterocycles. The summed E-state index contributed by atoms with van der Waals surface area (Å²) in [5, 5.41) is 22.1. The third kappa shape index (κ3) is 4.84. The van der Waals surface area contributed by atoms with Crippen molar-refractivity contribution in [2.24, 2.45) is 0 Å². The lowest BCUT2D eigenvalue weighted by molar-refractivity contribution is -0.118. The largest absolute Gasteiger partial charge is 0.465 e. The Kier molecular flexibility index (Phi) is 5.66. The Morgan fingerprint density at radius 3 is 2.44 bits per heavy atom. The van der Waals surface area contributed by atoms with Gasteiger partial charge in [0.2, 0.25) is 5.91 Å². The van der Waals surface area contributed by atoms with E-state index < -0.39 is 18.0 Å². The summed E-state index contributed by atoms with van der Waals surface area (Å²) < 4.78 is 0. The standard InChI is InChI=1S/C12H16N2O4/c15-8-4-7-10(14-12(17)18)11(16)13-9-5-2-1-3-6-9/h1-3,5-6,10,14-15H,4,7-8H2,(H,13,16)(H,17,18)/t10-/m0/s1. The number of aliphatic hydroxyl groups is 1. The van der Waals surface area contributed by atoms with E-state index in [1.54, 1.807) is 24.3 Å². The SMILES string of the molecule is O=C(O)N[C@@H](CCCO)C(=O)Nc1ccccc1. The highest BCUT2D eigenvalue weighted by atomic mass is 16.4. The number of para-hydroxylation sites is 1. The zero-order valence-electron chi connectivity index (χ0n) is 9.80. The number of amides is 2. The van der Waals surface area contributed by atoms with E-state index in [1.807, 2.05) is 6.07 Å². The third-order valence-electron chi connectivity index (χ3n) is 2.31. The first-order chi connectivity index (χ1) is 8.63. The Morgan fingerprint density at radius 1 is 1.22 bits per heavy atom. The number of hydrogen-bond acceptors (Lipinski definition) is 3. The van der Waals surface area contributed by atoms with Crippen LogP contribution >= 0.6 is 0 Å². The van der Waals surface area contributed by atoms with Crippen molar-refractivity contribution < 1.29 is 19.8 Å². The van der Waals surface area contributed by atoms with Crippen molar-refractivity contribution >= 4 is 17.7 Å². The topological polar surface area (TPSA) is 98.7 Å². The Labute approximate surface area is 105 Å². The van der Waals surface area contributed by atoms with E-state index in [2.05, 4.69) is 10.6 Å². The van der Waals surface area contributed by atoms with Crippen molar-refractivity contribution in [3.63, 3.8) is 0 Å². The first-order valence-corrected chi connectivity index (χ1v) is 5.59. The van der Waals surface area contributed by atoms with Crippen molar-refractivity contribution in [1.29, 1.82) is 0 Å². The number of rotatable bonds is 6. The molecule has 1 rings (SSSR count). The molecule has 0 saturated heterocycles. The predicted octanol–water partition coefficient (Wildman–Crippen LogP) is 1.03. The summed E-state index contributed by atoms with van der Waals surface area (Å²) in [6, 6.07) is 7.90. The number of carboxylic acid groups (broad SMARTS) is 1. The summed E-state index contributed by atoms with van der Waals surface area (Å²) in [7, 11) is 0. The highest BCUT2D eigenvalue weighted by Gasteiger charge is 2.19. The van der Waals surface area contributed by atoms with Crippen LogP contribution in [0.1, 0.15) is 12.8 Å². The average molecular weight is 252 g/mol. The fourth-order valence-corrected chi connectivity index (χ4v) is 1.46. The molecule has 0 saturated carbocycles.